The van der Waals surface area contributed by atoms with E-state index >= 15 is 0 Å². The molecule has 0 aromatic rings. The molecule has 1 fully saturated rings. The summed E-state index contributed by atoms with van der Waals surface area (Å²) < 4.78 is 0. The molecule has 0 atom stereocenters. The van der Waals surface area contributed by atoms with Gasteiger partial charge in [0.15, 0.2) is 0 Å². The normalized spacial score (nSPS) is 19.7. The van der Waals surface area contributed by atoms with Gasteiger partial charge in [-0.1, -0.05) is 31.9 Å². The fourth-order valence-electron chi connectivity index (χ4n) is 1.64. The smallest absolute Gasteiger partial charge is 0.0288 e. The molecule has 0 spiro atoms. The predicted octanol–water partition coefficient (Wildman–Crippen LogP) is 3.53. The van der Waals surface area contributed by atoms with Gasteiger partial charge in [-0.25, -0.2) is 0 Å². The van der Waals surface area contributed by atoms with Gasteiger partial charge in [0.05, 0.1) is 0 Å². The van der Waals surface area contributed by atoms with Crippen LogP contribution >= 0.6 is 0 Å². The van der Waals surface area contributed by atoms with Crippen molar-refractivity contribution in [2.24, 2.45) is 5.92 Å². The molecule has 0 aromatic heterocycles. The van der Waals surface area contributed by atoms with E-state index in [0.717, 1.165) is 5.92 Å². The molecule has 1 aliphatic carbocycles. The molecular formula is C10H18. The number of rotatable bonds is 1. The van der Waals surface area contributed by atoms with Crippen LogP contribution in [0.1, 0.15) is 46.0 Å². The number of hydrogen-bond acceptors (Lipinski definition) is 0. The van der Waals surface area contributed by atoms with E-state index in [0.29, 0.717) is 0 Å². The summed E-state index contributed by atoms with van der Waals surface area (Å²) >= 11 is 0. The van der Waals surface area contributed by atoms with E-state index in [2.05, 4.69) is 19.9 Å². The highest BCUT2D eigenvalue weighted by Gasteiger charge is 2.04. The molecule has 58 valence electrons. The Hall–Kier alpha value is -0.260. The van der Waals surface area contributed by atoms with Gasteiger partial charge in [0.2, 0.25) is 0 Å². The van der Waals surface area contributed by atoms with Gasteiger partial charge in [-0.3, -0.25) is 0 Å². The molecule has 0 nitrogen and oxygen atoms in total. The third-order valence-corrected chi connectivity index (χ3v) is 2.06. The average molecular weight is 138 g/mol. The van der Waals surface area contributed by atoms with Crippen LogP contribution in [0.4, 0.5) is 0 Å². The van der Waals surface area contributed by atoms with Crippen molar-refractivity contribution >= 4 is 0 Å². The maximum atomic E-state index is 2.44. The molecule has 0 N–H and O–H groups in total. The van der Waals surface area contributed by atoms with Crippen molar-refractivity contribution in [2.45, 2.75) is 46.0 Å². The Labute approximate surface area is 64.3 Å². The maximum Gasteiger partial charge on any atom is -0.0288 e. The van der Waals surface area contributed by atoms with E-state index in [1.165, 1.54) is 32.1 Å². The van der Waals surface area contributed by atoms with Gasteiger partial charge in [0, 0.05) is 0 Å². The molecule has 10 heavy (non-hydrogen) atoms. The van der Waals surface area contributed by atoms with Gasteiger partial charge in [0.25, 0.3) is 0 Å². The van der Waals surface area contributed by atoms with Crippen molar-refractivity contribution in [3.63, 3.8) is 0 Å². The molecule has 0 bridgehead atoms. The van der Waals surface area contributed by atoms with Gasteiger partial charge in [-0.05, 0) is 31.6 Å². The lowest BCUT2D eigenvalue weighted by atomic mass is 9.93. The van der Waals surface area contributed by atoms with Gasteiger partial charge < -0.3 is 0 Å². The Kier molecular flexibility index (Phi) is 2.98. The maximum absolute atomic E-state index is 2.44. The van der Waals surface area contributed by atoms with Crippen molar-refractivity contribution in [3.8, 4) is 0 Å². The first-order valence-corrected chi connectivity index (χ1v) is 4.48. The molecule has 1 aliphatic rings. The molecule has 0 aliphatic heterocycles. The first kappa shape index (κ1) is 7.84. The van der Waals surface area contributed by atoms with Crippen molar-refractivity contribution in [2.75, 3.05) is 0 Å². The minimum atomic E-state index is 0.757. The van der Waals surface area contributed by atoms with Crippen LogP contribution in [0.2, 0.25) is 0 Å². The average Bonchev–Trinajstić information content (AvgIpc) is 1.88. The zero-order valence-corrected chi connectivity index (χ0v) is 7.19. The van der Waals surface area contributed by atoms with Crippen molar-refractivity contribution in [3.05, 3.63) is 11.6 Å². The second-order valence-corrected chi connectivity index (χ2v) is 3.63. The Morgan fingerprint density at radius 3 is 2.20 bits per heavy atom. The Bertz CT molecular complexity index is 112. The number of allylic oxidation sites excluding steroid dienone is 2. The van der Waals surface area contributed by atoms with E-state index in [9.17, 15) is 0 Å². The first-order valence-electron chi connectivity index (χ1n) is 4.48. The Balaban J connectivity index is 2.37. The summed E-state index contributed by atoms with van der Waals surface area (Å²) in [5.74, 6) is 0.757. The largest absolute Gasteiger partial charge is 0.0828 e. The van der Waals surface area contributed by atoms with E-state index < -0.39 is 0 Å². The lowest BCUT2D eigenvalue weighted by Gasteiger charge is -2.14. The second kappa shape index (κ2) is 3.80. The van der Waals surface area contributed by atoms with Crippen molar-refractivity contribution in [1.82, 2.24) is 0 Å². The van der Waals surface area contributed by atoms with E-state index in [1.54, 1.807) is 5.57 Å². The highest BCUT2D eigenvalue weighted by molar-refractivity contribution is 5.05. The summed E-state index contributed by atoms with van der Waals surface area (Å²) in [4.78, 5) is 0. The summed E-state index contributed by atoms with van der Waals surface area (Å²) in [6.45, 7) is 4.53. The third-order valence-electron chi connectivity index (χ3n) is 2.06. The van der Waals surface area contributed by atoms with Crippen molar-refractivity contribution in [1.29, 1.82) is 0 Å². The van der Waals surface area contributed by atoms with Crippen LogP contribution < -0.4 is 0 Å². The van der Waals surface area contributed by atoms with Gasteiger partial charge in [-0.15, -0.1) is 0 Å². The zero-order valence-electron chi connectivity index (χ0n) is 7.19. The molecule has 1 saturated carbocycles. The van der Waals surface area contributed by atoms with Crippen LogP contribution in [0.5, 0.6) is 0 Å². The monoisotopic (exact) mass is 138 g/mol. The van der Waals surface area contributed by atoms with Gasteiger partial charge in [-0.2, -0.15) is 0 Å². The van der Waals surface area contributed by atoms with Crippen LogP contribution in [0, 0.1) is 5.92 Å². The molecule has 0 saturated heterocycles. The Morgan fingerprint density at radius 1 is 1.10 bits per heavy atom. The van der Waals surface area contributed by atoms with E-state index in [4.69, 9.17) is 0 Å². The second-order valence-electron chi connectivity index (χ2n) is 3.63. The highest BCUT2D eigenvalue weighted by Crippen LogP contribution is 2.23. The lowest BCUT2D eigenvalue weighted by molar-refractivity contribution is 0.590. The predicted molar refractivity (Wildman–Crippen MR) is 46.0 cm³/mol. The SMILES string of the molecule is CC(C)C=C1CCCCC1. The highest BCUT2D eigenvalue weighted by atomic mass is 14.1. The van der Waals surface area contributed by atoms with Gasteiger partial charge >= 0.3 is 0 Å². The van der Waals surface area contributed by atoms with Crippen molar-refractivity contribution < 1.29 is 0 Å². The third kappa shape index (κ3) is 2.55. The minimum absolute atomic E-state index is 0.757. The summed E-state index contributed by atoms with van der Waals surface area (Å²) in [6.07, 6.45) is 9.50. The quantitative estimate of drug-likeness (QED) is 0.486. The summed E-state index contributed by atoms with van der Waals surface area (Å²) in [5.41, 5.74) is 1.71. The fraction of sp³-hybridized carbons (Fsp3) is 0.800. The summed E-state index contributed by atoms with van der Waals surface area (Å²) in [6, 6.07) is 0. The number of hydrogen-bond donors (Lipinski definition) is 0. The molecule has 0 amide bonds. The molecule has 1 rings (SSSR count). The van der Waals surface area contributed by atoms with E-state index in [-0.39, 0.29) is 0 Å². The fourth-order valence-corrected chi connectivity index (χ4v) is 1.64. The Morgan fingerprint density at radius 2 is 1.70 bits per heavy atom. The molecule has 0 unspecified atom stereocenters. The molecular weight excluding hydrogens is 120 g/mol. The summed E-state index contributed by atoms with van der Waals surface area (Å²) in [7, 11) is 0. The van der Waals surface area contributed by atoms with Crippen LogP contribution in [0.25, 0.3) is 0 Å². The van der Waals surface area contributed by atoms with Crippen LogP contribution in [-0.4, -0.2) is 0 Å². The molecule has 0 heterocycles. The van der Waals surface area contributed by atoms with Gasteiger partial charge in [0.1, 0.15) is 0 Å². The van der Waals surface area contributed by atoms with Crippen LogP contribution in [-0.2, 0) is 0 Å². The standard InChI is InChI=1S/C10H18/c1-9(2)8-10-6-4-3-5-7-10/h8-9H,3-7H2,1-2H3. The molecule has 0 radical (unpaired) electrons. The van der Waals surface area contributed by atoms with E-state index in [1.807, 2.05) is 0 Å². The van der Waals surface area contributed by atoms with Crippen LogP contribution in [0.15, 0.2) is 11.6 Å². The lowest BCUT2D eigenvalue weighted by Crippen LogP contribution is -1.95. The minimum Gasteiger partial charge on any atom is -0.0828 e. The molecule has 0 aromatic carbocycles. The topological polar surface area (TPSA) is 0 Å². The van der Waals surface area contributed by atoms with Crippen LogP contribution in [0.3, 0.4) is 0 Å². The zero-order chi connectivity index (χ0) is 7.40. The molecule has 0 heteroatoms. The summed E-state index contributed by atoms with van der Waals surface area (Å²) in [5, 5.41) is 0. The first-order chi connectivity index (χ1) is 4.79.